The van der Waals surface area contributed by atoms with Gasteiger partial charge in [0.1, 0.15) is 11.4 Å². The monoisotopic (exact) mass is 365 g/mol. The van der Waals surface area contributed by atoms with Crippen molar-refractivity contribution in [2.24, 2.45) is 7.05 Å². The molecule has 0 spiro atoms. The normalized spacial score (nSPS) is 12.4. The Morgan fingerprint density at radius 3 is 2.26 bits per heavy atom. The summed E-state index contributed by atoms with van der Waals surface area (Å²) in [7, 11) is 1.80. The molecule has 0 amide bonds. The molecular formula is C23H27NO3. The van der Waals surface area contributed by atoms with E-state index in [2.05, 4.69) is 0 Å². The summed E-state index contributed by atoms with van der Waals surface area (Å²) < 4.78 is 7.73. The molecule has 0 radical (unpaired) electrons. The van der Waals surface area contributed by atoms with Gasteiger partial charge >= 0.3 is 0 Å². The summed E-state index contributed by atoms with van der Waals surface area (Å²) in [5.74, 6) is 0.714. The van der Waals surface area contributed by atoms with E-state index in [4.69, 9.17) is 4.74 Å². The number of rotatable bonds is 5. The molecule has 1 aromatic heterocycles. The second-order valence-corrected chi connectivity index (χ2v) is 8.36. The quantitative estimate of drug-likeness (QED) is 0.723. The summed E-state index contributed by atoms with van der Waals surface area (Å²) in [5, 5.41) is 11.1. The lowest BCUT2D eigenvalue weighted by molar-refractivity contribution is -0.0106. The first kappa shape index (κ1) is 19.2. The highest BCUT2D eigenvalue weighted by molar-refractivity contribution is 5.84. The van der Waals surface area contributed by atoms with Crippen molar-refractivity contribution in [1.82, 2.24) is 4.57 Å². The van der Waals surface area contributed by atoms with Crippen LogP contribution >= 0.6 is 0 Å². The average Bonchev–Trinajstić information content (AvgIpc) is 2.56. The summed E-state index contributed by atoms with van der Waals surface area (Å²) in [6, 6.07) is 17.3. The zero-order valence-corrected chi connectivity index (χ0v) is 16.6. The molecule has 0 aliphatic heterocycles. The average molecular weight is 365 g/mol. The van der Waals surface area contributed by atoms with E-state index in [0.717, 1.165) is 16.5 Å². The summed E-state index contributed by atoms with van der Waals surface area (Å²) in [6.45, 7) is 7.46. The van der Waals surface area contributed by atoms with E-state index in [-0.39, 0.29) is 5.56 Å². The van der Waals surface area contributed by atoms with Crippen molar-refractivity contribution in [3.8, 4) is 16.9 Å². The molecule has 0 atom stereocenters. The molecule has 142 valence electrons. The van der Waals surface area contributed by atoms with Gasteiger partial charge < -0.3 is 14.4 Å². The number of nitrogens with zero attached hydrogens (tertiary/aromatic N) is 1. The Morgan fingerprint density at radius 2 is 1.63 bits per heavy atom. The number of fused-ring (bicyclic) bond motifs is 1. The predicted octanol–water partition coefficient (Wildman–Crippen LogP) is 4.52. The van der Waals surface area contributed by atoms with E-state index in [9.17, 15) is 9.90 Å². The smallest absolute Gasteiger partial charge is 0.258 e. The SMILES string of the molecule is Cn1c(=O)c(-c2ccc(OC(C)(C)CC(C)(C)O)cc2)cc2ccccc21. The minimum absolute atomic E-state index is 0.0234. The predicted molar refractivity (Wildman–Crippen MR) is 110 cm³/mol. The van der Waals surface area contributed by atoms with Crippen LogP contribution in [0.2, 0.25) is 0 Å². The first-order valence-corrected chi connectivity index (χ1v) is 9.16. The molecule has 3 rings (SSSR count). The van der Waals surface area contributed by atoms with Crippen LogP contribution in [0.15, 0.2) is 59.4 Å². The standard InChI is InChI=1S/C23H27NO3/c1-22(2,26)15-23(3,4)27-18-12-10-16(11-13-18)19-14-17-8-6-7-9-20(17)24(5)21(19)25/h6-14,26H,15H2,1-5H3. The maximum absolute atomic E-state index is 12.8. The van der Waals surface area contributed by atoms with Gasteiger partial charge in [0.2, 0.25) is 0 Å². The zero-order valence-electron chi connectivity index (χ0n) is 16.6. The van der Waals surface area contributed by atoms with E-state index in [0.29, 0.717) is 17.7 Å². The van der Waals surface area contributed by atoms with Crippen LogP contribution in [-0.4, -0.2) is 20.9 Å². The molecule has 0 saturated heterocycles. The molecule has 2 aromatic carbocycles. The number of hydrogen-bond donors (Lipinski definition) is 1. The van der Waals surface area contributed by atoms with E-state index in [1.54, 1.807) is 25.5 Å². The van der Waals surface area contributed by atoms with Crippen LogP contribution in [0.3, 0.4) is 0 Å². The molecule has 4 nitrogen and oxygen atoms in total. The number of aromatic nitrogens is 1. The fraction of sp³-hybridized carbons (Fsp3) is 0.348. The lowest BCUT2D eigenvalue weighted by Crippen LogP contribution is -2.37. The Kier molecular flexibility index (Phi) is 4.87. The number of aryl methyl sites for hydroxylation is 1. The Bertz CT molecular complexity index is 1010. The van der Waals surface area contributed by atoms with Crippen molar-refractivity contribution < 1.29 is 9.84 Å². The van der Waals surface area contributed by atoms with Gasteiger partial charge in [-0.3, -0.25) is 4.79 Å². The van der Waals surface area contributed by atoms with Gasteiger partial charge in [0.15, 0.2) is 0 Å². The lowest BCUT2D eigenvalue weighted by atomic mass is 9.92. The Balaban J connectivity index is 1.91. The molecule has 0 bridgehead atoms. The maximum Gasteiger partial charge on any atom is 0.258 e. The fourth-order valence-corrected chi connectivity index (χ4v) is 3.73. The zero-order chi connectivity index (χ0) is 19.8. The van der Waals surface area contributed by atoms with Crippen LogP contribution in [0.4, 0.5) is 0 Å². The number of para-hydroxylation sites is 1. The van der Waals surface area contributed by atoms with Crippen LogP contribution in [0.1, 0.15) is 34.1 Å². The van der Waals surface area contributed by atoms with Crippen LogP contribution in [-0.2, 0) is 7.05 Å². The Labute approximate surface area is 160 Å². The second kappa shape index (κ2) is 6.86. The number of aliphatic hydroxyl groups is 1. The molecule has 0 saturated carbocycles. The molecule has 0 aliphatic carbocycles. The van der Waals surface area contributed by atoms with Crippen molar-refractivity contribution >= 4 is 10.9 Å². The third-order valence-electron chi connectivity index (χ3n) is 4.55. The van der Waals surface area contributed by atoms with Crippen molar-refractivity contribution in [2.45, 2.75) is 45.3 Å². The Hall–Kier alpha value is -2.59. The van der Waals surface area contributed by atoms with Crippen molar-refractivity contribution in [2.75, 3.05) is 0 Å². The minimum atomic E-state index is -0.805. The van der Waals surface area contributed by atoms with E-state index >= 15 is 0 Å². The largest absolute Gasteiger partial charge is 0.488 e. The molecule has 27 heavy (non-hydrogen) atoms. The summed E-state index contributed by atoms with van der Waals surface area (Å²) >= 11 is 0. The van der Waals surface area contributed by atoms with Crippen LogP contribution in [0.5, 0.6) is 5.75 Å². The molecule has 0 aliphatic rings. The topological polar surface area (TPSA) is 51.5 Å². The van der Waals surface area contributed by atoms with Gasteiger partial charge in [-0.25, -0.2) is 0 Å². The number of hydrogen-bond acceptors (Lipinski definition) is 3. The molecule has 1 heterocycles. The Morgan fingerprint density at radius 1 is 1.00 bits per heavy atom. The lowest BCUT2D eigenvalue weighted by Gasteiger charge is -2.32. The van der Waals surface area contributed by atoms with Crippen LogP contribution < -0.4 is 10.3 Å². The molecule has 3 aromatic rings. The van der Waals surface area contributed by atoms with Gasteiger partial charge in [0.05, 0.1) is 11.1 Å². The van der Waals surface area contributed by atoms with Gasteiger partial charge in [-0.15, -0.1) is 0 Å². The summed E-state index contributed by atoms with van der Waals surface area (Å²) in [5.41, 5.74) is 1.11. The van der Waals surface area contributed by atoms with Gasteiger partial charge in [-0.1, -0.05) is 30.3 Å². The van der Waals surface area contributed by atoms with Crippen LogP contribution in [0, 0.1) is 0 Å². The summed E-state index contributed by atoms with van der Waals surface area (Å²) in [6.07, 6.45) is 0.507. The molecule has 1 N–H and O–H groups in total. The van der Waals surface area contributed by atoms with Crippen molar-refractivity contribution in [1.29, 1.82) is 0 Å². The van der Waals surface area contributed by atoms with Gasteiger partial charge in [-0.2, -0.15) is 0 Å². The third kappa shape index (κ3) is 4.40. The number of pyridine rings is 1. The van der Waals surface area contributed by atoms with E-state index < -0.39 is 11.2 Å². The minimum Gasteiger partial charge on any atom is -0.488 e. The van der Waals surface area contributed by atoms with Gasteiger partial charge in [0, 0.05) is 19.0 Å². The van der Waals surface area contributed by atoms with E-state index in [1.807, 2.05) is 68.4 Å². The highest BCUT2D eigenvalue weighted by Crippen LogP contribution is 2.28. The number of ether oxygens (including phenoxy) is 1. The molecular weight excluding hydrogens is 338 g/mol. The van der Waals surface area contributed by atoms with Crippen molar-refractivity contribution in [3.05, 3.63) is 65.0 Å². The van der Waals surface area contributed by atoms with Crippen LogP contribution in [0.25, 0.3) is 22.0 Å². The third-order valence-corrected chi connectivity index (χ3v) is 4.55. The van der Waals surface area contributed by atoms with Crippen molar-refractivity contribution in [3.63, 3.8) is 0 Å². The van der Waals surface area contributed by atoms with Gasteiger partial charge in [0.25, 0.3) is 5.56 Å². The highest BCUT2D eigenvalue weighted by Gasteiger charge is 2.28. The second-order valence-electron chi connectivity index (χ2n) is 8.36. The van der Waals surface area contributed by atoms with E-state index in [1.165, 1.54) is 0 Å². The molecule has 0 fully saturated rings. The molecule has 0 unspecified atom stereocenters. The first-order valence-electron chi connectivity index (χ1n) is 9.16. The number of benzene rings is 2. The first-order chi connectivity index (χ1) is 12.6. The molecule has 4 heteroatoms. The summed E-state index contributed by atoms with van der Waals surface area (Å²) in [4.78, 5) is 12.8. The van der Waals surface area contributed by atoms with Gasteiger partial charge in [-0.05, 0) is 62.9 Å². The highest BCUT2D eigenvalue weighted by atomic mass is 16.5. The fourth-order valence-electron chi connectivity index (χ4n) is 3.73. The maximum atomic E-state index is 12.8.